The van der Waals surface area contributed by atoms with Gasteiger partial charge in [0.25, 0.3) is 0 Å². The van der Waals surface area contributed by atoms with Crippen molar-refractivity contribution < 1.29 is 13.2 Å². The molecule has 0 amide bonds. The van der Waals surface area contributed by atoms with E-state index in [9.17, 15) is 13.2 Å². The Bertz CT molecular complexity index is 1650. The van der Waals surface area contributed by atoms with Crippen molar-refractivity contribution in [2.45, 2.75) is 45.8 Å². The van der Waals surface area contributed by atoms with Gasteiger partial charge in [0.1, 0.15) is 0 Å². The quantitative estimate of drug-likeness (QED) is 0.267. The Morgan fingerprint density at radius 3 is 2.41 bits per heavy atom. The topological polar surface area (TPSA) is 75.5 Å². The number of pyridine rings is 1. The van der Waals surface area contributed by atoms with E-state index in [-0.39, 0.29) is 5.95 Å². The molecule has 5 aromatic rings. The fourth-order valence-corrected chi connectivity index (χ4v) is 5.53. The molecule has 4 aromatic heterocycles. The van der Waals surface area contributed by atoms with Crippen molar-refractivity contribution in [3.8, 4) is 17.1 Å². The summed E-state index contributed by atoms with van der Waals surface area (Å²) in [4.78, 5) is 18.0. The second kappa shape index (κ2) is 9.68. The van der Waals surface area contributed by atoms with Crippen LogP contribution in [0.1, 0.15) is 41.8 Å². The van der Waals surface area contributed by atoms with E-state index in [1.54, 1.807) is 12.4 Å². The van der Waals surface area contributed by atoms with Crippen molar-refractivity contribution in [2.75, 3.05) is 11.4 Å². The summed E-state index contributed by atoms with van der Waals surface area (Å²) in [5, 5.41) is 6.46. The zero-order chi connectivity index (χ0) is 27.3. The lowest BCUT2D eigenvalue weighted by molar-refractivity contribution is -0.138. The summed E-state index contributed by atoms with van der Waals surface area (Å²) in [6, 6.07) is 8.16. The number of fused-ring (bicyclic) bond motifs is 2. The number of halogens is 4. The number of benzene rings is 1. The lowest BCUT2D eigenvalue weighted by Crippen LogP contribution is -2.31. The summed E-state index contributed by atoms with van der Waals surface area (Å²) >= 11 is 6.65. The second-order valence-corrected chi connectivity index (χ2v) is 9.88. The van der Waals surface area contributed by atoms with Crippen LogP contribution in [0, 0.1) is 0 Å². The van der Waals surface area contributed by atoms with Crippen molar-refractivity contribution in [3.05, 3.63) is 82.0 Å². The number of alkyl halides is 3. The van der Waals surface area contributed by atoms with Gasteiger partial charge >= 0.3 is 6.18 Å². The van der Waals surface area contributed by atoms with Gasteiger partial charge in [0, 0.05) is 55.2 Å². The summed E-state index contributed by atoms with van der Waals surface area (Å²) in [6.45, 7) is 5.12. The third-order valence-electron chi connectivity index (χ3n) is 7.23. The summed E-state index contributed by atoms with van der Waals surface area (Å²) in [5.41, 5.74) is 6.65. The Morgan fingerprint density at radius 1 is 1.03 bits per heavy atom. The van der Waals surface area contributed by atoms with Crippen LogP contribution in [0.15, 0.2) is 49.1 Å². The van der Waals surface area contributed by atoms with Gasteiger partial charge in [-0.15, -0.1) is 0 Å². The van der Waals surface area contributed by atoms with Gasteiger partial charge in [-0.05, 0) is 30.0 Å². The average molecular weight is 552 g/mol. The molecule has 1 aliphatic rings. The molecular weight excluding hydrogens is 527 g/mol. The monoisotopic (exact) mass is 551 g/mol. The first kappa shape index (κ1) is 25.4. The van der Waals surface area contributed by atoms with Crippen molar-refractivity contribution in [3.63, 3.8) is 0 Å². The highest BCUT2D eigenvalue weighted by Crippen LogP contribution is 2.39. The van der Waals surface area contributed by atoms with Gasteiger partial charge in [-0.3, -0.25) is 4.98 Å². The van der Waals surface area contributed by atoms with Crippen LogP contribution < -0.4 is 4.90 Å². The van der Waals surface area contributed by atoms with Crippen molar-refractivity contribution in [2.24, 2.45) is 0 Å². The molecule has 0 unspecified atom stereocenters. The van der Waals surface area contributed by atoms with Crippen LogP contribution in [0.3, 0.4) is 0 Å². The average Bonchev–Trinajstić information content (AvgIpc) is 3.52. The molecule has 1 aliphatic heterocycles. The smallest absolute Gasteiger partial charge is 0.360 e. The summed E-state index contributed by atoms with van der Waals surface area (Å²) < 4.78 is 41.3. The van der Waals surface area contributed by atoms with E-state index < -0.39 is 11.7 Å². The van der Waals surface area contributed by atoms with Crippen LogP contribution in [-0.2, 0) is 32.0 Å². The highest BCUT2D eigenvalue weighted by Gasteiger charge is 2.33. The minimum atomic E-state index is -4.49. The van der Waals surface area contributed by atoms with Crippen LogP contribution in [0.25, 0.3) is 28.0 Å². The molecule has 1 N–H and O–H groups in total. The first-order valence-electron chi connectivity index (χ1n) is 12.8. The number of hydrogen-bond acceptors (Lipinski definition) is 5. The largest absolute Gasteiger partial charge is 0.419 e. The Kier molecular flexibility index (Phi) is 6.29. The van der Waals surface area contributed by atoms with Gasteiger partial charge in [-0.25, -0.2) is 14.6 Å². The first-order valence-corrected chi connectivity index (χ1v) is 13.2. The predicted molar refractivity (Wildman–Crippen MR) is 144 cm³/mol. The maximum Gasteiger partial charge on any atom is 0.419 e. The zero-order valence-corrected chi connectivity index (χ0v) is 22.1. The second-order valence-electron chi connectivity index (χ2n) is 9.48. The molecule has 6 rings (SSSR count). The molecule has 5 heterocycles. The van der Waals surface area contributed by atoms with Crippen LogP contribution in [-0.4, -0.2) is 36.3 Å². The molecule has 39 heavy (non-hydrogen) atoms. The van der Waals surface area contributed by atoms with Crippen LogP contribution in [0.2, 0.25) is 5.02 Å². The van der Waals surface area contributed by atoms with Gasteiger partial charge in [0.15, 0.2) is 0 Å². The first-order chi connectivity index (χ1) is 18.8. The zero-order valence-electron chi connectivity index (χ0n) is 21.3. The normalized spacial score (nSPS) is 13.7. The lowest BCUT2D eigenvalue weighted by atomic mass is 10.00. The molecule has 0 spiro atoms. The highest BCUT2D eigenvalue weighted by molar-refractivity contribution is 6.36. The number of anilines is 1. The summed E-state index contributed by atoms with van der Waals surface area (Å²) in [7, 11) is 0. The molecule has 200 valence electrons. The van der Waals surface area contributed by atoms with E-state index in [4.69, 9.17) is 21.7 Å². The minimum Gasteiger partial charge on any atom is -0.360 e. The van der Waals surface area contributed by atoms with Gasteiger partial charge in [0.05, 0.1) is 38.9 Å². The Hall–Kier alpha value is -3.92. The van der Waals surface area contributed by atoms with Gasteiger partial charge in [0.2, 0.25) is 5.95 Å². The number of aromatic amines is 1. The summed E-state index contributed by atoms with van der Waals surface area (Å²) in [6.07, 6.45) is 2.86. The van der Waals surface area contributed by atoms with E-state index in [1.165, 1.54) is 0 Å². The third-order valence-corrected chi connectivity index (χ3v) is 7.53. The van der Waals surface area contributed by atoms with E-state index in [1.807, 2.05) is 15.6 Å². The number of aryl methyl sites for hydroxylation is 2. The van der Waals surface area contributed by atoms with Crippen LogP contribution in [0.4, 0.5) is 19.1 Å². The molecular formula is C28H25ClF3N7. The molecule has 0 saturated carbocycles. The number of nitrogens with one attached hydrogen (secondary N) is 1. The minimum absolute atomic E-state index is 0.237. The molecule has 0 aliphatic carbocycles. The Morgan fingerprint density at radius 2 is 1.74 bits per heavy atom. The van der Waals surface area contributed by atoms with Crippen molar-refractivity contribution in [1.29, 1.82) is 0 Å². The van der Waals surface area contributed by atoms with Crippen molar-refractivity contribution in [1.82, 2.24) is 29.7 Å². The number of nitrogens with zero attached hydrogens (tertiary/aromatic N) is 6. The predicted octanol–water partition coefficient (Wildman–Crippen LogP) is 6.57. The van der Waals surface area contributed by atoms with E-state index in [0.29, 0.717) is 30.2 Å². The van der Waals surface area contributed by atoms with Gasteiger partial charge in [-0.2, -0.15) is 18.3 Å². The Labute approximate surface area is 227 Å². The van der Waals surface area contributed by atoms with Crippen molar-refractivity contribution >= 4 is 28.5 Å². The maximum atomic E-state index is 13.1. The number of hydrogen-bond donors (Lipinski definition) is 1. The molecule has 0 radical (unpaired) electrons. The molecule has 1 aromatic carbocycles. The van der Waals surface area contributed by atoms with E-state index in [0.717, 1.165) is 69.9 Å². The van der Waals surface area contributed by atoms with Gasteiger partial charge < -0.3 is 9.88 Å². The van der Waals surface area contributed by atoms with Crippen LogP contribution in [0.5, 0.6) is 0 Å². The summed E-state index contributed by atoms with van der Waals surface area (Å²) in [5.74, 6) is 0.237. The Balaban J connectivity index is 1.56. The number of aromatic nitrogens is 6. The third kappa shape index (κ3) is 4.32. The maximum absolute atomic E-state index is 13.1. The fourth-order valence-electron chi connectivity index (χ4n) is 5.28. The lowest BCUT2D eigenvalue weighted by Gasteiger charge is -2.27. The molecule has 0 bridgehead atoms. The molecule has 0 fully saturated rings. The molecule has 7 nitrogen and oxygen atoms in total. The fraction of sp³-hybridized carbons (Fsp3) is 0.286. The molecule has 11 heteroatoms. The highest BCUT2D eigenvalue weighted by atomic mass is 35.5. The van der Waals surface area contributed by atoms with E-state index in [2.05, 4.69) is 47.0 Å². The number of H-pyrrole nitrogens is 1. The molecule has 0 saturated heterocycles. The van der Waals surface area contributed by atoms with E-state index >= 15 is 0 Å². The SMILES string of the molecule is CCc1cccc(CC)c1-n1nc2c(c1-c1nccc3[nH]cc(Cl)c13)CN(c1ncc(C(F)(F)F)cn1)CC2. The van der Waals surface area contributed by atoms with Crippen LogP contribution >= 0.6 is 11.6 Å². The number of para-hydroxylation sites is 1. The molecule has 0 atom stereocenters. The number of rotatable bonds is 5. The van der Waals surface area contributed by atoms with Gasteiger partial charge in [-0.1, -0.05) is 43.6 Å². The standard InChI is InChI=1S/C28H25ClF3N7/c1-3-16-6-5-7-17(4-2)25(16)39-26(24-23-20(29)14-34-22(23)8-10-33-24)19-15-38(11-9-21(19)37-39)27-35-12-18(13-36-27)28(30,31)32/h5-8,10,12-14,34H,3-4,9,11,15H2,1-2H3.